The molecule has 0 atom stereocenters. The van der Waals surface area contributed by atoms with Crippen molar-refractivity contribution in [2.75, 3.05) is 7.05 Å². The summed E-state index contributed by atoms with van der Waals surface area (Å²) in [5.41, 5.74) is 4.06. The largest absolute Gasteiger partial charge is 0.270 e. The highest BCUT2D eigenvalue weighted by Gasteiger charge is 2.29. The lowest BCUT2D eigenvalue weighted by molar-refractivity contribution is 0.463. The van der Waals surface area contributed by atoms with Crippen molar-refractivity contribution in [2.24, 2.45) is 0 Å². The van der Waals surface area contributed by atoms with Crippen molar-refractivity contribution >= 4 is 10.0 Å². The molecule has 2 rings (SSSR count). The topological polar surface area (TPSA) is 73.0 Å². The van der Waals surface area contributed by atoms with E-state index in [1.807, 2.05) is 32.4 Å². The van der Waals surface area contributed by atoms with Crippen molar-refractivity contribution < 1.29 is 8.42 Å². The maximum atomic E-state index is 13.1. The van der Waals surface area contributed by atoms with Gasteiger partial charge in [-0.05, 0) is 41.5 Å². The van der Waals surface area contributed by atoms with Gasteiger partial charge in [0.05, 0.1) is 17.1 Å². The summed E-state index contributed by atoms with van der Waals surface area (Å²) in [7, 11) is -2.00. The maximum absolute atomic E-state index is 13.1. The highest BCUT2D eigenvalue weighted by molar-refractivity contribution is 7.89. The van der Waals surface area contributed by atoms with Crippen molar-refractivity contribution in [1.29, 1.82) is 0 Å². The molecular weight excluding hydrogens is 326 g/mol. The first-order chi connectivity index (χ1) is 11.1. The minimum absolute atomic E-state index is 0.302. The summed E-state index contributed by atoms with van der Waals surface area (Å²) < 4.78 is 31.1. The molecule has 0 aromatic carbocycles. The van der Waals surface area contributed by atoms with E-state index in [1.54, 1.807) is 25.6 Å². The zero-order valence-corrected chi connectivity index (χ0v) is 16.4. The Morgan fingerprint density at radius 3 is 1.88 bits per heavy atom. The monoisotopic (exact) mass is 353 g/mol. The second-order valence-electron chi connectivity index (χ2n) is 6.04. The summed E-state index contributed by atoms with van der Waals surface area (Å²) in [5, 5.41) is 8.80. The lowest BCUT2D eigenvalue weighted by Gasteiger charge is -2.18. The highest BCUT2D eigenvalue weighted by atomic mass is 32.2. The van der Waals surface area contributed by atoms with Gasteiger partial charge >= 0.3 is 0 Å². The number of aromatic nitrogens is 4. The third-order valence-corrected chi connectivity index (χ3v) is 6.55. The molecule has 0 bridgehead atoms. The molecule has 2 aromatic rings. The Kier molecular flexibility index (Phi) is 5.19. The van der Waals surface area contributed by atoms with Gasteiger partial charge in [-0.3, -0.25) is 9.36 Å². The lowest BCUT2D eigenvalue weighted by Crippen LogP contribution is -2.28. The van der Waals surface area contributed by atoms with Gasteiger partial charge in [0.2, 0.25) is 10.0 Å². The van der Waals surface area contributed by atoms with Crippen molar-refractivity contribution in [3.8, 4) is 0 Å². The molecule has 0 aliphatic rings. The summed E-state index contributed by atoms with van der Waals surface area (Å²) in [6, 6.07) is 0. The Balaban J connectivity index is 2.41. The predicted molar refractivity (Wildman–Crippen MR) is 93.4 cm³/mol. The smallest absolute Gasteiger partial charge is 0.246 e. The average molecular weight is 353 g/mol. The van der Waals surface area contributed by atoms with E-state index in [0.29, 0.717) is 29.4 Å². The first-order valence-electron chi connectivity index (χ1n) is 8.18. The minimum Gasteiger partial charge on any atom is -0.270 e. The number of nitrogens with zero attached hydrogens (tertiary/aromatic N) is 5. The Morgan fingerprint density at radius 2 is 1.42 bits per heavy atom. The summed E-state index contributed by atoms with van der Waals surface area (Å²) in [6.45, 7) is 13.1. The van der Waals surface area contributed by atoms with E-state index in [9.17, 15) is 8.42 Å². The molecule has 0 unspecified atom stereocenters. The summed E-state index contributed by atoms with van der Waals surface area (Å²) in [5.74, 6) is 0. The molecule has 0 saturated heterocycles. The van der Waals surface area contributed by atoms with E-state index in [2.05, 4.69) is 10.2 Å². The minimum atomic E-state index is -3.61. The van der Waals surface area contributed by atoms with Crippen molar-refractivity contribution in [1.82, 2.24) is 23.9 Å². The van der Waals surface area contributed by atoms with Gasteiger partial charge in [0.25, 0.3) is 0 Å². The van der Waals surface area contributed by atoms with Crippen LogP contribution >= 0.6 is 0 Å². The molecule has 0 saturated carbocycles. The zero-order chi connectivity index (χ0) is 18.2. The fraction of sp³-hybridized carbons (Fsp3) is 0.625. The fourth-order valence-electron chi connectivity index (χ4n) is 3.10. The zero-order valence-electron chi connectivity index (χ0n) is 15.6. The average Bonchev–Trinajstić information content (AvgIpc) is 2.96. The van der Waals surface area contributed by atoms with Crippen LogP contribution in [0.5, 0.6) is 0 Å². The van der Waals surface area contributed by atoms with E-state index in [1.165, 1.54) is 4.31 Å². The highest BCUT2D eigenvalue weighted by Crippen LogP contribution is 2.25. The van der Waals surface area contributed by atoms with Crippen LogP contribution in [-0.2, 0) is 29.7 Å². The van der Waals surface area contributed by atoms with Crippen molar-refractivity contribution in [3.05, 3.63) is 28.3 Å². The van der Waals surface area contributed by atoms with Gasteiger partial charge in [-0.2, -0.15) is 14.5 Å². The number of sulfonamides is 1. The van der Waals surface area contributed by atoms with Gasteiger partial charge in [0.1, 0.15) is 4.90 Å². The first-order valence-corrected chi connectivity index (χ1v) is 9.62. The number of hydrogen-bond acceptors (Lipinski definition) is 4. The van der Waals surface area contributed by atoms with Gasteiger partial charge in [0, 0.05) is 37.9 Å². The maximum Gasteiger partial charge on any atom is 0.246 e. The molecule has 0 radical (unpaired) electrons. The molecule has 7 nitrogen and oxygen atoms in total. The van der Waals surface area contributed by atoms with Crippen LogP contribution in [0.4, 0.5) is 0 Å². The van der Waals surface area contributed by atoms with Crippen LogP contribution in [0.15, 0.2) is 4.90 Å². The van der Waals surface area contributed by atoms with E-state index in [-0.39, 0.29) is 0 Å². The number of aryl methyl sites for hydroxylation is 4. The van der Waals surface area contributed by atoms with E-state index >= 15 is 0 Å². The molecule has 24 heavy (non-hydrogen) atoms. The Morgan fingerprint density at radius 1 is 0.917 bits per heavy atom. The molecule has 0 amide bonds. The van der Waals surface area contributed by atoms with Crippen LogP contribution in [-0.4, -0.2) is 39.3 Å². The van der Waals surface area contributed by atoms with Crippen molar-refractivity contribution in [3.63, 3.8) is 0 Å². The summed E-state index contributed by atoms with van der Waals surface area (Å²) in [6.07, 6.45) is 0. The van der Waals surface area contributed by atoms with Crippen LogP contribution in [0.2, 0.25) is 0 Å². The van der Waals surface area contributed by atoms with Crippen LogP contribution in [0.1, 0.15) is 42.2 Å². The second-order valence-corrected chi connectivity index (χ2v) is 8.02. The SMILES string of the molecule is CCn1nc(C)c(CN(C)S(=O)(=O)c2c(C)nn(CC)c2C)c1C. The van der Waals surface area contributed by atoms with E-state index < -0.39 is 10.0 Å². The second kappa shape index (κ2) is 6.68. The third kappa shape index (κ3) is 3.00. The molecular formula is C16H27N5O2S. The standard InChI is InChI=1S/C16H27N5O2S/c1-8-20-13(5)15(11(3)17-20)10-19(7)24(22,23)16-12(4)18-21(9-2)14(16)6/h8-10H2,1-7H3. The molecule has 0 fully saturated rings. The number of rotatable bonds is 6. The van der Waals surface area contributed by atoms with Crippen LogP contribution in [0.25, 0.3) is 0 Å². The van der Waals surface area contributed by atoms with Gasteiger partial charge in [0.15, 0.2) is 0 Å². The van der Waals surface area contributed by atoms with Crippen molar-refractivity contribution in [2.45, 2.75) is 66.1 Å². The van der Waals surface area contributed by atoms with E-state index in [0.717, 1.165) is 23.5 Å². The van der Waals surface area contributed by atoms with Crippen LogP contribution < -0.4 is 0 Å². The van der Waals surface area contributed by atoms with Gasteiger partial charge in [-0.15, -0.1) is 0 Å². The van der Waals surface area contributed by atoms with E-state index in [4.69, 9.17) is 0 Å². The van der Waals surface area contributed by atoms with Gasteiger partial charge < -0.3 is 0 Å². The molecule has 0 aliphatic carbocycles. The Hall–Kier alpha value is -1.67. The molecule has 2 heterocycles. The molecule has 8 heteroatoms. The molecule has 0 aliphatic heterocycles. The third-order valence-electron chi connectivity index (χ3n) is 4.49. The quantitative estimate of drug-likeness (QED) is 0.798. The lowest BCUT2D eigenvalue weighted by atomic mass is 10.2. The molecule has 0 spiro atoms. The molecule has 2 aromatic heterocycles. The summed E-state index contributed by atoms with van der Waals surface area (Å²) in [4.78, 5) is 0.310. The van der Waals surface area contributed by atoms with Crippen LogP contribution in [0.3, 0.4) is 0 Å². The first kappa shape index (κ1) is 18.7. The summed E-state index contributed by atoms with van der Waals surface area (Å²) >= 11 is 0. The normalized spacial score (nSPS) is 12.3. The predicted octanol–water partition coefficient (Wildman–Crippen LogP) is 2.17. The van der Waals surface area contributed by atoms with Gasteiger partial charge in [-0.25, -0.2) is 8.42 Å². The number of hydrogen-bond donors (Lipinski definition) is 0. The van der Waals surface area contributed by atoms with Gasteiger partial charge in [-0.1, -0.05) is 0 Å². The molecule has 0 N–H and O–H groups in total. The fourth-order valence-corrected chi connectivity index (χ4v) is 4.60. The molecule has 134 valence electrons. The Bertz CT molecular complexity index is 848. The van der Waals surface area contributed by atoms with Crippen LogP contribution in [0, 0.1) is 27.7 Å². The Labute approximate surface area is 144 Å².